The predicted octanol–water partition coefficient (Wildman–Crippen LogP) is 5.37. The number of rotatable bonds is 3. The van der Waals surface area contributed by atoms with Crippen LogP contribution in [0, 0.1) is 9.87 Å². The van der Waals surface area contributed by atoms with Crippen molar-refractivity contribution < 1.29 is 14.3 Å². The molecule has 0 radical (unpaired) electrons. The number of anilines is 1. The molecule has 2 amide bonds. The average Bonchev–Trinajstić information content (AvgIpc) is 3.24. The van der Waals surface area contributed by atoms with E-state index in [9.17, 15) is 9.59 Å². The minimum Gasteiger partial charge on any atom is -0.497 e. The number of carbonyl (C=O) groups excluding carboxylic acids is 2. The first-order valence-corrected chi connectivity index (χ1v) is 12.0. The number of fused-ring (bicyclic) bond motifs is 2. The zero-order valence-corrected chi connectivity index (χ0v) is 19.7. The van der Waals surface area contributed by atoms with Gasteiger partial charge >= 0.3 is 0 Å². The maximum Gasteiger partial charge on any atom is 0.248 e. The molecule has 1 N–H and O–H groups in total. The Labute approximate surface area is 194 Å². The first kappa shape index (κ1) is 20.0. The van der Waals surface area contributed by atoms with E-state index in [1.807, 2.05) is 36.4 Å². The van der Waals surface area contributed by atoms with Gasteiger partial charge in [-0.25, -0.2) is 4.90 Å². The topological polar surface area (TPSA) is 62.4 Å². The van der Waals surface area contributed by atoms with E-state index in [4.69, 9.17) is 17.0 Å². The molecule has 2 aliphatic rings. The number of hydrogen-bond acceptors (Lipinski definition) is 6. The average molecular weight is 519 g/mol. The maximum atomic E-state index is 13.6. The van der Waals surface area contributed by atoms with Gasteiger partial charge in [0, 0.05) is 15.3 Å². The van der Waals surface area contributed by atoms with Crippen LogP contribution in [0.3, 0.4) is 0 Å². The van der Waals surface area contributed by atoms with Crippen molar-refractivity contribution >= 4 is 68.7 Å². The number of carbonyl (C=O) groups is 2. The molecule has 2 aliphatic heterocycles. The molecule has 5 nitrogen and oxygen atoms in total. The number of halogens is 1. The molecule has 30 heavy (non-hydrogen) atoms. The van der Waals surface area contributed by atoms with E-state index < -0.39 is 11.2 Å². The fraction of sp³-hybridized carbons (Fsp3) is 0.190. The number of aromatic nitrogens is 1. The van der Waals surface area contributed by atoms with Crippen molar-refractivity contribution in [2.75, 3.05) is 12.0 Å². The Morgan fingerprint density at radius 3 is 2.43 bits per heavy atom. The van der Waals surface area contributed by atoms with E-state index in [1.54, 1.807) is 19.2 Å². The number of nitrogens with one attached hydrogen (secondary N) is 1. The summed E-state index contributed by atoms with van der Waals surface area (Å²) in [5.41, 5.74) is 1.56. The lowest BCUT2D eigenvalue weighted by Crippen LogP contribution is -2.32. The predicted molar refractivity (Wildman–Crippen MR) is 124 cm³/mol. The second kappa shape index (κ2) is 7.64. The standard InChI is InChI=1S/C21H15BrN2O3S3/c1-27-13-8-2-10(3-9-13)14-15-17(29-18-16(14)30-21(28)23-18)20(26)24(19(15)25)12-6-4-11(22)5-7-12/h2-9,14-15,17H,1H3,(H,23,28)/t14-,15-,17+/m1/s1. The third-order valence-electron chi connectivity index (χ3n) is 5.38. The summed E-state index contributed by atoms with van der Waals surface area (Å²) in [6, 6.07) is 14.9. The van der Waals surface area contributed by atoms with E-state index in [-0.39, 0.29) is 17.7 Å². The van der Waals surface area contributed by atoms with Gasteiger partial charge in [0.1, 0.15) is 11.0 Å². The zero-order valence-electron chi connectivity index (χ0n) is 15.6. The lowest BCUT2D eigenvalue weighted by molar-refractivity contribution is -0.122. The van der Waals surface area contributed by atoms with Gasteiger partial charge in [-0.05, 0) is 54.2 Å². The minimum atomic E-state index is -0.499. The summed E-state index contributed by atoms with van der Waals surface area (Å²) in [7, 11) is 1.62. The lowest BCUT2D eigenvalue weighted by atomic mass is 9.83. The fourth-order valence-electron chi connectivity index (χ4n) is 4.03. The van der Waals surface area contributed by atoms with Crippen molar-refractivity contribution in [1.29, 1.82) is 0 Å². The number of thiazole rings is 1. The van der Waals surface area contributed by atoms with Gasteiger partial charge in [0.05, 0.1) is 23.7 Å². The van der Waals surface area contributed by atoms with E-state index in [1.165, 1.54) is 28.0 Å². The minimum absolute atomic E-state index is 0.175. The number of amides is 2. The number of aromatic amines is 1. The van der Waals surface area contributed by atoms with Crippen molar-refractivity contribution in [3.8, 4) is 5.75 Å². The summed E-state index contributed by atoms with van der Waals surface area (Å²) in [5.74, 6) is -0.356. The summed E-state index contributed by atoms with van der Waals surface area (Å²) < 4.78 is 6.82. The van der Waals surface area contributed by atoms with Crippen LogP contribution < -0.4 is 9.64 Å². The Morgan fingerprint density at radius 2 is 1.77 bits per heavy atom. The SMILES string of the molecule is COc1ccc([C@H]2c3sc(=S)[nH]c3S[C@@H]3C(=O)N(c4ccc(Br)cc4)C(=O)[C@H]23)cc1. The van der Waals surface area contributed by atoms with Crippen molar-refractivity contribution in [3.63, 3.8) is 0 Å². The highest BCUT2D eigenvalue weighted by Gasteiger charge is 2.56. The molecule has 0 spiro atoms. The van der Waals surface area contributed by atoms with Crippen LogP contribution in [0.2, 0.25) is 0 Å². The van der Waals surface area contributed by atoms with Gasteiger partial charge in [-0.1, -0.05) is 39.8 Å². The maximum absolute atomic E-state index is 13.6. The van der Waals surface area contributed by atoms with Crippen LogP contribution in [0.5, 0.6) is 5.75 Å². The fourth-order valence-corrected chi connectivity index (χ4v) is 7.26. The second-order valence-corrected chi connectivity index (χ2v) is 10.8. The molecule has 3 atom stereocenters. The quantitative estimate of drug-likeness (QED) is 0.372. The number of H-pyrrole nitrogens is 1. The molecule has 0 bridgehead atoms. The Morgan fingerprint density at radius 1 is 1.07 bits per heavy atom. The molecular formula is C21H15BrN2O3S3. The number of methoxy groups -OCH3 is 1. The van der Waals surface area contributed by atoms with Crippen LogP contribution >= 0.6 is 51.2 Å². The molecule has 2 aromatic carbocycles. The van der Waals surface area contributed by atoms with Gasteiger partial charge in [-0.2, -0.15) is 0 Å². The number of thioether (sulfide) groups is 1. The zero-order chi connectivity index (χ0) is 21.0. The lowest BCUT2D eigenvalue weighted by Gasteiger charge is -2.30. The van der Waals surface area contributed by atoms with Crippen LogP contribution in [0.15, 0.2) is 58.0 Å². The van der Waals surface area contributed by atoms with E-state index in [0.29, 0.717) is 9.64 Å². The van der Waals surface area contributed by atoms with E-state index in [2.05, 4.69) is 20.9 Å². The second-order valence-electron chi connectivity index (χ2n) is 7.01. The molecule has 9 heteroatoms. The molecule has 1 saturated heterocycles. The summed E-state index contributed by atoms with van der Waals surface area (Å²) in [6.45, 7) is 0. The van der Waals surface area contributed by atoms with Crippen molar-refractivity contribution in [2.24, 2.45) is 5.92 Å². The van der Waals surface area contributed by atoms with E-state index in [0.717, 1.165) is 25.7 Å². The molecule has 3 aromatic rings. The third kappa shape index (κ3) is 3.15. The number of hydrogen-bond donors (Lipinski definition) is 1. The monoisotopic (exact) mass is 518 g/mol. The van der Waals surface area contributed by atoms with Gasteiger partial charge in [0.15, 0.2) is 3.95 Å². The van der Waals surface area contributed by atoms with Crippen LogP contribution in [-0.2, 0) is 9.59 Å². The van der Waals surface area contributed by atoms with Gasteiger partial charge in [0.25, 0.3) is 0 Å². The van der Waals surface area contributed by atoms with Crippen molar-refractivity contribution in [1.82, 2.24) is 4.98 Å². The summed E-state index contributed by atoms with van der Waals surface area (Å²) in [6.07, 6.45) is 0. The van der Waals surface area contributed by atoms with E-state index >= 15 is 0 Å². The first-order valence-electron chi connectivity index (χ1n) is 9.15. The number of nitrogens with zero attached hydrogens (tertiary/aromatic N) is 1. The highest BCUT2D eigenvalue weighted by Crippen LogP contribution is 2.54. The first-order chi connectivity index (χ1) is 14.5. The normalized spacial score (nSPS) is 22.7. The van der Waals surface area contributed by atoms with Crippen molar-refractivity contribution in [3.05, 3.63) is 67.4 Å². The summed E-state index contributed by atoms with van der Waals surface area (Å²) in [4.78, 5) is 32.5. The molecule has 5 rings (SSSR count). The van der Waals surface area contributed by atoms with Gasteiger partial charge in [-0.3, -0.25) is 9.59 Å². The molecule has 0 unspecified atom stereocenters. The van der Waals surface area contributed by atoms with Crippen LogP contribution in [0.25, 0.3) is 0 Å². The third-order valence-corrected chi connectivity index (χ3v) is 8.67. The highest BCUT2D eigenvalue weighted by atomic mass is 79.9. The molecular weight excluding hydrogens is 504 g/mol. The van der Waals surface area contributed by atoms with Crippen LogP contribution in [-0.4, -0.2) is 29.2 Å². The smallest absolute Gasteiger partial charge is 0.248 e. The Hall–Kier alpha value is -1.94. The number of benzene rings is 2. The van der Waals surface area contributed by atoms with Crippen LogP contribution in [0.4, 0.5) is 5.69 Å². The molecule has 152 valence electrons. The molecule has 3 heterocycles. The molecule has 1 aromatic heterocycles. The molecule has 1 fully saturated rings. The van der Waals surface area contributed by atoms with Gasteiger partial charge < -0.3 is 9.72 Å². The number of imide groups is 1. The largest absolute Gasteiger partial charge is 0.497 e. The van der Waals surface area contributed by atoms with Crippen LogP contribution in [0.1, 0.15) is 16.4 Å². The highest BCUT2D eigenvalue weighted by molar-refractivity contribution is 9.10. The summed E-state index contributed by atoms with van der Waals surface area (Å²) >= 11 is 11.7. The van der Waals surface area contributed by atoms with Gasteiger partial charge in [0.2, 0.25) is 11.8 Å². The number of ether oxygens (including phenoxy) is 1. The summed E-state index contributed by atoms with van der Waals surface area (Å²) in [5, 5.41) is 0.381. The van der Waals surface area contributed by atoms with Gasteiger partial charge in [-0.15, -0.1) is 11.3 Å². The Balaban J connectivity index is 1.63. The Bertz CT molecular complexity index is 1200. The van der Waals surface area contributed by atoms with Crippen molar-refractivity contribution in [2.45, 2.75) is 16.2 Å². The Kier molecular flexibility index (Phi) is 5.09. The molecule has 0 saturated carbocycles. The molecule has 0 aliphatic carbocycles.